The van der Waals surface area contributed by atoms with E-state index >= 15 is 0 Å². The minimum absolute atomic E-state index is 0.754. The largest absolute Gasteiger partial charge is 0.355 e. The standard InChI is InChI=1S/C29H32N8/c1-21(22-7-8-31-28(17-22)37-13-11-35(2)12-14-37)33-27-16-25-15-23(5-6-24(25)18-32-27)26-19-30-20-29(34-26)36-9-3-4-10-36/h5-8,15-20H,1,3-4,9-14H2,2H3,(H,32,33). The Morgan fingerprint density at radius 2 is 1.62 bits per heavy atom. The van der Waals surface area contributed by atoms with E-state index in [2.05, 4.69) is 78.9 Å². The van der Waals surface area contributed by atoms with Crippen LogP contribution in [0.15, 0.2) is 67.8 Å². The van der Waals surface area contributed by atoms with Gasteiger partial charge in [-0.2, -0.15) is 0 Å². The molecule has 0 amide bonds. The summed E-state index contributed by atoms with van der Waals surface area (Å²) in [4.78, 5) is 25.6. The van der Waals surface area contributed by atoms with Gasteiger partial charge in [-0.3, -0.25) is 4.98 Å². The molecule has 2 aliphatic heterocycles. The lowest BCUT2D eigenvalue weighted by atomic mass is 10.1. The van der Waals surface area contributed by atoms with Gasteiger partial charge < -0.3 is 20.0 Å². The summed E-state index contributed by atoms with van der Waals surface area (Å²) in [5.41, 5.74) is 3.73. The van der Waals surface area contributed by atoms with Crippen molar-refractivity contribution in [1.29, 1.82) is 0 Å². The Hall–Kier alpha value is -4.04. The van der Waals surface area contributed by atoms with Gasteiger partial charge in [0, 0.05) is 73.9 Å². The number of benzene rings is 1. The van der Waals surface area contributed by atoms with Crippen LogP contribution in [0.1, 0.15) is 18.4 Å². The first kappa shape index (κ1) is 23.4. The van der Waals surface area contributed by atoms with Crippen LogP contribution in [-0.2, 0) is 0 Å². The SMILES string of the molecule is C=C(Nc1cc2cc(-c3cncc(N4CCCC4)n3)ccc2cn1)c1ccnc(N2CCN(C)CC2)c1. The van der Waals surface area contributed by atoms with E-state index in [0.717, 1.165) is 90.0 Å². The molecule has 5 heterocycles. The second-order valence-electron chi connectivity index (χ2n) is 9.88. The van der Waals surface area contributed by atoms with E-state index in [1.165, 1.54) is 12.8 Å². The van der Waals surface area contributed by atoms with Crippen LogP contribution >= 0.6 is 0 Å². The van der Waals surface area contributed by atoms with E-state index < -0.39 is 0 Å². The van der Waals surface area contributed by atoms with Crippen LogP contribution in [0.4, 0.5) is 17.5 Å². The van der Waals surface area contributed by atoms with E-state index in [9.17, 15) is 0 Å². The molecule has 0 radical (unpaired) electrons. The Labute approximate surface area is 217 Å². The monoisotopic (exact) mass is 492 g/mol. The van der Waals surface area contributed by atoms with Gasteiger partial charge in [0.15, 0.2) is 0 Å². The molecule has 2 fully saturated rings. The second kappa shape index (κ2) is 10.1. The zero-order valence-corrected chi connectivity index (χ0v) is 21.3. The lowest BCUT2D eigenvalue weighted by Gasteiger charge is -2.33. The number of hydrogen-bond acceptors (Lipinski definition) is 8. The second-order valence-corrected chi connectivity index (χ2v) is 9.88. The van der Waals surface area contributed by atoms with Crippen molar-refractivity contribution in [2.45, 2.75) is 12.8 Å². The van der Waals surface area contributed by atoms with Gasteiger partial charge in [-0.05, 0) is 49.5 Å². The van der Waals surface area contributed by atoms with Crippen molar-refractivity contribution in [3.05, 3.63) is 73.3 Å². The minimum atomic E-state index is 0.754. The predicted octanol–water partition coefficient (Wildman–Crippen LogP) is 4.52. The molecule has 3 aromatic heterocycles. The van der Waals surface area contributed by atoms with Crippen LogP contribution in [0, 0.1) is 0 Å². The molecule has 0 atom stereocenters. The molecule has 0 saturated carbocycles. The molecule has 2 saturated heterocycles. The molecule has 2 aliphatic rings. The lowest BCUT2D eigenvalue weighted by Crippen LogP contribution is -2.44. The van der Waals surface area contributed by atoms with Crippen LogP contribution in [0.5, 0.6) is 0 Å². The molecule has 37 heavy (non-hydrogen) atoms. The topological polar surface area (TPSA) is 73.3 Å². The third-order valence-corrected chi connectivity index (χ3v) is 7.27. The van der Waals surface area contributed by atoms with Gasteiger partial charge in [0.25, 0.3) is 0 Å². The molecule has 0 spiro atoms. The van der Waals surface area contributed by atoms with Crippen molar-refractivity contribution in [3.8, 4) is 11.3 Å². The van der Waals surface area contributed by atoms with Gasteiger partial charge in [0.1, 0.15) is 17.5 Å². The highest BCUT2D eigenvalue weighted by molar-refractivity contribution is 5.89. The number of nitrogens with zero attached hydrogens (tertiary/aromatic N) is 7. The molecule has 4 aromatic rings. The quantitative estimate of drug-likeness (QED) is 0.421. The van der Waals surface area contributed by atoms with E-state index in [-0.39, 0.29) is 0 Å². The maximum Gasteiger partial charge on any atom is 0.147 e. The third-order valence-electron chi connectivity index (χ3n) is 7.27. The molecule has 0 aliphatic carbocycles. The number of piperazine rings is 1. The fourth-order valence-corrected chi connectivity index (χ4v) is 5.00. The van der Waals surface area contributed by atoms with Crippen molar-refractivity contribution < 1.29 is 0 Å². The van der Waals surface area contributed by atoms with Crippen LogP contribution in [0.3, 0.4) is 0 Å². The number of likely N-dealkylation sites (N-methyl/N-ethyl adjacent to an activating group) is 1. The summed E-state index contributed by atoms with van der Waals surface area (Å²) < 4.78 is 0. The van der Waals surface area contributed by atoms with Crippen LogP contribution < -0.4 is 15.1 Å². The maximum atomic E-state index is 4.90. The van der Waals surface area contributed by atoms with Crippen molar-refractivity contribution in [1.82, 2.24) is 24.8 Å². The van der Waals surface area contributed by atoms with Crippen LogP contribution in [-0.4, -0.2) is 71.2 Å². The van der Waals surface area contributed by atoms with E-state index in [4.69, 9.17) is 4.98 Å². The highest BCUT2D eigenvalue weighted by atomic mass is 15.3. The first-order valence-corrected chi connectivity index (χ1v) is 13.0. The number of fused-ring (bicyclic) bond motifs is 1. The lowest BCUT2D eigenvalue weighted by molar-refractivity contribution is 0.312. The molecule has 8 heteroatoms. The van der Waals surface area contributed by atoms with Crippen LogP contribution in [0.2, 0.25) is 0 Å². The molecule has 1 N–H and O–H groups in total. The molecule has 8 nitrogen and oxygen atoms in total. The van der Waals surface area contributed by atoms with Crippen LogP contribution in [0.25, 0.3) is 27.7 Å². The highest BCUT2D eigenvalue weighted by Crippen LogP contribution is 2.27. The van der Waals surface area contributed by atoms with Gasteiger partial charge >= 0.3 is 0 Å². The average molecular weight is 493 g/mol. The fraction of sp³-hybridized carbons (Fsp3) is 0.310. The van der Waals surface area contributed by atoms with Gasteiger partial charge in [-0.25, -0.2) is 15.0 Å². The van der Waals surface area contributed by atoms with Crippen molar-refractivity contribution in [3.63, 3.8) is 0 Å². The van der Waals surface area contributed by atoms with Gasteiger partial charge in [0.2, 0.25) is 0 Å². The Kier molecular flexibility index (Phi) is 6.40. The summed E-state index contributed by atoms with van der Waals surface area (Å²) in [5.74, 6) is 2.70. The summed E-state index contributed by atoms with van der Waals surface area (Å²) in [6.07, 6.45) is 9.88. The third kappa shape index (κ3) is 5.11. The number of rotatable bonds is 6. The Morgan fingerprint density at radius 3 is 2.46 bits per heavy atom. The summed E-state index contributed by atoms with van der Waals surface area (Å²) in [6.45, 7) is 10.4. The van der Waals surface area contributed by atoms with Gasteiger partial charge in [-0.1, -0.05) is 18.7 Å². The molecule has 1 aromatic carbocycles. The van der Waals surface area contributed by atoms with E-state index in [1.807, 2.05) is 30.9 Å². The molecule has 188 valence electrons. The smallest absolute Gasteiger partial charge is 0.147 e. The minimum Gasteiger partial charge on any atom is -0.355 e. The van der Waals surface area contributed by atoms with Gasteiger partial charge in [-0.15, -0.1) is 0 Å². The molecule has 0 unspecified atom stereocenters. The number of hydrogen-bond donors (Lipinski definition) is 1. The number of nitrogens with one attached hydrogen (secondary N) is 1. The summed E-state index contributed by atoms with van der Waals surface area (Å²) in [7, 11) is 2.16. The average Bonchev–Trinajstić information content (AvgIpc) is 3.49. The van der Waals surface area contributed by atoms with Gasteiger partial charge in [0.05, 0.1) is 18.1 Å². The highest BCUT2D eigenvalue weighted by Gasteiger charge is 2.17. The first-order valence-electron chi connectivity index (χ1n) is 13.0. The number of aromatic nitrogens is 4. The van der Waals surface area contributed by atoms with Crippen molar-refractivity contribution in [2.24, 2.45) is 0 Å². The van der Waals surface area contributed by atoms with Crippen molar-refractivity contribution in [2.75, 3.05) is 61.4 Å². The number of anilines is 3. The fourth-order valence-electron chi connectivity index (χ4n) is 5.00. The molecular weight excluding hydrogens is 460 g/mol. The Balaban J connectivity index is 1.21. The predicted molar refractivity (Wildman–Crippen MR) is 151 cm³/mol. The molecule has 6 rings (SSSR count). The Bertz CT molecular complexity index is 1420. The first-order chi connectivity index (χ1) is 18.1. The molecule has 0 bridgehead atoms. The Morgan fingerprint density at radius 1 is 0.811 bits per heavy atom. The zero-order valence-electron chi connectivity index (χ0n) is 21.3. The number of pyridine rings is 2. The summed E-state index contributed by atoms with van der Waals surface area (Å²) in [5, 5.41) is 5.56. The summed E-state index contributed by atoms with van der Waals surface area (Å²) in [6, 6.07) is 12.5. The molecular formula is C29H32N8. The maximum absolute atomic E-state index is 4.90. The normalized spacial score (nSPS) is 16.4. The van der Waals surface area contributed by atoms with E-state index in [1.54, 1.807) is 0 Å². The zero-order chi connectivity index (χ0) is 25.2. The summed E-state index contributed by atoms with van der Waals surface area (Å²) >= 11 is 0. The van der Waals surface area contributed by atoms with E-state index in [0.29, 0.717) is 0 Å². The van der Waals surface area contributed by atoms with Crippen molar-refractivity contribution >= 4 is 33.9 Å².